The van der Waals surface area contributed by atoms with Crippen molar-refractivity contribution in [2.75, 3.05) is 28.7 Å². The summed E-state index contributed by atoms with van der Waals surface area (Å²) in [7, 11) is 0. The molecule has 0 fully saturated rings. The highest BCUT2D eigenvalue weighted by Crippen LogP contribution is 2.30. The number of ether oxygens (including phenoxy) is 2. The Balaban J connectivity index is 1.46. The number of nitrogens with zero attached hydrogens (tertiary/aromatic N) is 1. The minimum absolute atomic E-state index is 0.128. The second-order valence-corrected chi connectivity index (χ2v) is 8.81. The summed E-state index contributed by atoms with van der Waals surface area (Å²) in [5, 5.41) is 5.38. The quantitative estimate of drug-likeness (QED) is 0.260. The Morgan fingerprint density at radius 1 is 0.872 bits per heavy atom. The molecule has 0 saturated heterocycles. The Kier molecular flexibility index (Phi) is 8.63. The van der Waals surface area contributed by atoms with Gasteiger partial charge in [-0.15, -0.1) is 0 Å². The Hall–Kier alpha value is -4.63. The molecule has 0 radical (unpaired) electrons. The second kappa shape index (κ2) is 12.3. The Morgan fingerprint density at radius 2 is 1.59 bits per heavy atom. The van der Waals surface area contributed by atoms with E-state index in [0.717, 1.165) is 4.90 Å². The zero-order valence-electron chi connectivity index (χ0n) is 21.3. The van der Waals surface area contributed by atoms with E-state index in [2.05, 4.69) is 10.6 Å². The highest BCUT2D eigenvalue weighted by molar-refractivity contribution is 6.53. The lowest BCUT2D eigenvalue weighted by molar-refractivity contribution is -0.120. The Labute approximate surface area is 230 Å². The Bertz CT molecular complexity index is 1430. The maximum absolute atomic E-state index is 13.1. The molecular weight excluding hydrogens is 522 g/mol. The van der Waals surface area contributed by atoms with E-state index in [-0.39, 0.29) is 22.3 Å². The number of anilines is 3. The molecule has 0 aliphatic carbocycles. The van der Waals surface area contributed by atoms with Gasteiger partial charge in [-0.3, -0.25) is 14.4 Å². The van der Waals surface area contributed by atoms with Gasteiger partial charge in [0.05, 0.1) is 24.5 Å². The molecule has 1 aliphatic heterocycles. The van der Waals surface area contributed by atoms with Crippen LogP contribution in [-0.2, 0) is 14.3 Å². The van der Waals surface area contributed by atoms with Crippen LogP contribution in [0.2, 0.25) is 0 Å². The predicted octanol–water partition coefficient (Wildman–Crippen LogP) is 5.34. The normalized spacial score (nSPS) is 12.9. The second-order valence-electron chi connectivity index (χ2n) is 8.43. The van der Waals surface area contributed by atoms with Gasteiger partial charge < -0.3 is 20.1 Å². The van der Waals surface area contributed by atoms with Gasteiger partial charge in [0.15, 0.2) is 0 Å². The van der Waals surface area contributed by atoms with Crippen LogP contribution in [-0.4, -0.2) is 36.9 Å². The first-order valence-electron chi connectivity index (χ1n) is 12.3. The van der Waals surface area contributed by atoms with Crippen LogP contribution in [0.3, 0.4) is 0 Å². The molecule has 0 spiro atoms. The van der Waals surface area contributed by atoms with E-state index in [0.29, 0.717) is 47.9 Å². The highest BCUT2D eigenvalue weighted by Gasteiger charge is 2.39. The van der Waals surface area contributed by atoms with Gasteiger partial charge in [0.1, 0.15) is 16.5 Å². The van der Waals surface area contributed by atoms with Crippen LogP contribution in [0, 0.1) is 0 Å². The number of carbonyl (C=O) groups excluding carboxylic acids is 4. The van der Waals surface area contributed by atoms with E-state index < -0.39 is 17.8 Å². The number of rotatable bonds is 10. The number of carbonyl (C=O) groups is 4. The first-order valence-corrected chi connectivity index (χ1v) is 12.7. The van der Waals surface area contributed by atoms with Gasteiger partial charge in [-0.25, -0.2) is 9.69 Å². The van der Waals surface area contributed by atoms with Gasteiger partial charge in [0, 0.05) is 16.9 Å². The third kappa shape index (κ3) is 6.27. The van der Waals surface area contributed by atoms with Gasteiger partial charge in [-0.1, -0.05) is 24.6 Å². The van der Waals surface area contributed by atoms with E-state index in [1.807, 2.05) is 13.8 Å². The van der Waals surface area contributed by atoms with Crippen molar-refractivity contribution >= 4 is 52.4 Å². The van der Waals surface area contributed by atoms with Crippen molar-refractivity contribution < 1.29 is 28.7 Å². The first-order chi connectivity index (χ1) is 18.8. The van der Waals surface area contributed by atoms with Gasteiger partial charge in [0.25, 0.3) is 17.7 Å². The molecule has 0 bridgehead atoms. The number of hydrogen-bond donors (Lipinski definition) is 2. The summed E-state index contributed by atoms with van der Waals surface area (Å²) in [4.78, 5) is 51.7. The third-order valence-corrected chi connectivity index (χ3v) is 5.99. The van der Waals surface area contributed by atoms with Crippen LogP contribution in [0.25, 0.3) is 0 Å². The fourth-order valence-corrected chi connectivity index (χ4v) is 3.97. The number of halogens is 1. The lowest BCUT2D eigenvalue weighted by Gasteiger charge is -2.15. The van der Waals surface area contributed by atoms with Crippen LogP contribution in [0.5, 0.6) is 5.75 Å². The van der Waals surface area contributed by atoms with E-state index in [4.69, 9.17) is 21.1 Å². The van der Waals surface area contributed by atoms with Gasteiger partial charge >= 0.3 is 5.97 Å². The largest absolute Gasteiger partial charge is 0.494 e. The van der Waals surface area contributed by atoms with E-state index in [9.17, 15) is 19.2 Å². The molecule has 0 aromatic heterocycles. The van der Waals surface area contributed by atoms with Crippen molar-refractivity contribution in [1.82, 2.24) is 0 Å². The number of nitrogens with one attached hydrogen (secondary N) is 2. The van der Waals surface area contributed by atoms with Crippen LogP contribution in [0.1, 0.15) is 41.0 Å². The minimum atomic E-state index is -0.713. The number of hydrogen-bond acceptors (Lipinski definition) is 7. The molecule has 3 amide bonds. The summed E-state index contributed by atoms with van der Waals surface area (Å²) in [6.45, 7) is 4.61. The molecule has 0 saturated carbocycles. The molecule has 10 heteroatoms. The van der Waals surface area contributed by atoms with Crippen LogP contribution in [0.15, 0.2) is 83.5 Å². The Morgan fingerprint density at radius 3 is 2.26 bits per heavy atom. The molecule has 0 atom stereocenters. The molecule has 3 aromatic carbocycles. The third-order valence-electron chi connectivity index (χ3n) is 5.64. The number of imide groups is 1. The van der Waals surface area contributed by atoms with Gasteiger partial charge in [-0.05, 0) is 80.1 Å². The smallest absolute Gasteiger partial charge is 0.338 e. The SMILES string of the molecule is CCCOC(=O)c1ccc(N2C(=O)C(Cl)=C(Nc3cccc(C(=O)Nc4ccc(OCC)cc4)c3)C2=O)cc1. The number of benzene rings is 3. The maximum Gasteiger partial charge on any atom is 0.338 e. The maximum atomic E-state index is 13.1. The molecule has 3 aromatic rings. The van der Waals surface area contributed by atoms with Crippen LogP contribution >= 0.6 is 11.6 Å². The molecule has 9 nitrogen and oxygen atoms in total. The van der Waals surface area contributed by atoms with Crippen molar-refractivity contribution in [2.24, 2.45) is 0 Å². The molecule has 39 heavy (non-hydrogen) atoms. The van der Waals surface area contributed by atoms with Crippen molar-refractivity contribution in [3.63, 3.8) is 0 Å². The van der Waals surface area contributed by atoms with Crippen molar-refractivity contribution in [3.05, 3.63) is 94.7 Å². The zero-order valence-corrected chi connectivity index (χ0v) is 22.1. The molecular formula is C29H26ClN3O6. The summed E-state index contributed by atoms with van der Waals surface area (Å²) < 4.78 is 10.5. The van der Waals surface area contributed by atoms with Crippen molar-refractivity contribution in [3.8, 4) is 5.75 Å². The van der Waals surface area contributed by atoms with Gasteiger partial charge in [-0.2, -0.15) is 0 Å². The average molecular weight is 548 g/mol. The molecule has 200 valence electrons. The van der Waals surface area contributed by atoms with Gasteiger partial charge in [0.2, 0.25) is 0 Å². The van der Waals surface area contributed by atoms with E-state index in [1.54, 1.807) is 42.5 Å². The monoisotopic (exact) mass is 547 g/mol. The highest BCUT2D eigenvalue weighted by atomic mass is 35.5. The first kappa shape index (κ1) is 27.4. The molecule has 4 rings (SSSR count). The van der Waals surface area contributed by atoms with Crippen LogP contribution in [0.4, 0.5) is 17.1 Å². The lowest BCUT2D eigenvalue weighted by Crippen LogP contribution is -2.32. The van der Waals surface area contributed by atoms with Crippen molar-refractivity contribution in [2.45, 2.75) is 20.3 Å². The average Bonchev–Trinajstić information content (AvgIpc) is 3.16. The zero-order chi connectivity index (χ0) is 27.9. The number of amides is 3. The molecule has 1 aliphatic rings. The summed E-state index contributed by atoms with van der Waals surface area (Å²) in [5.74, 6) is -1.55. The van der Waals surface area contributed by atoms with Crippen LogP contribution < -0.4 is 20.3 Å². The molecule has 0 unspecified atom stereocenters. The summed E-state index contributed by atoms with van der Waals surface area (Å²) in [6.07, 6.45) is 0.691. The molecule has 1 heterocycles. The topological polar surface area (TPSA) is 114 Å². The van der Waals surface area contributed by atoms with E-state index >= 15 is 0 Å². The lowest BCUT2D eigenvalue weighted by atomic mass is 10.1. The summed E-state index contributed by atoms with van der Waals surface area (Å²) >= 11 is 6.24. The fraction of sp³-hybridized carbons (Fsp3) is 0.172. The number of esters is 1. The van der Waals surface area contributed by atoms with E-state index in [1.165, 1.54) is 30.3 Å². The standard InChI is InChI=1S/C29H26ClN3O6/c1-3-16-39-29(37)18-8-12-22(13-9-18)33-27(35)24(30)25(28(33)36)31-21-7-5-6-19(17-21)26(34)32-20-10-14-23(15-11-20)38-4-2/h5-15,17,31H,3-4,16H2,1-2H3,(H,32,34). The van der Waals surface area contributed by atoms with Crippen molar-refractivity contribution in [1.29, 1.82) is 0 Å². The molecule has 2 N–H and O–H groups in total. The fourth-order valence-electron chi connectivity index (χ4n) is 3.76. The predicted molar refractivity (Wildman–Crippen MR) is 148 cm³/mol. The summed E-state index contributed by atoms with van der Waals surface area (Å²) in [6, 6.07) is 19.3. The summed E-state index contributed by atoms with van der Waals surface area (Å²) in [5.41, 5.74) is 1.71. The minimum Gasteiger partial charge on any atom is -0.494 e.